The lowest BCUT2D eigenvalue weighted by atomic mass is 9.85. The van der Waals surface area contributed by atoms with E-state index in [0.29, 0.717) is 6.07 Å². The fraction of sp³-hybridized carbons (Fsp3) is 0.500. The average Bonchev–Trinajstić information content (AvgIpc) is 2.42. The van der Waals surface area contributed by atoms with E-state index < -0.39 is 39.2 Å². The third-order valence-corrected chi connectivity index (χ3v) is 4.59. The first-order valence-corrected chi connectivity index (χ1v) is 9.04. The Morgan fingerprint density at radius 2 is 1.92 bits per heavy atom. The van der Waals surface area contributed by atoms with Crippen LogP contribution < -0.4 is 4.72 Å². The van der Waals surface area contributed by atoms with E-state index in [1.165, 1.54) is 13.8 Å². The molecule has 1 aromatic rings. The molecular weight excluding hydrogens is 363 g/mol. The van der Waals surface area contributed by atoms with E-state index in [-0.39, 0.29) is 24.2 Å². The molecule has 0 radical (unpaired) electrons. The van der Waals surface area contributed by atoms with Crippen molar-refractivity contribution in [2.75, 3.05) is 12.8 Å². The molecule has 0 aromatic carbocycles. The fourth-order valence-electron chi connectivity index (χ4n) is 2.49. The molecule has 0 aliphatic carbocycles. The number of rotatable bonds is 3. The van der Waals surface area contributed by atoms with Crippen LogP contribution in [0.5, 0.6) is 0 Å². The van der Waals surface area contributed by atoms with Gasteiger partial charge in [-0.05, 0) is 32.4 Å². The number of likely N-dealkylation sites (tertiary alicyclic amines) is 1. The van der Waals surface area contributed by atoms with Gasteiger partial charge in [0, 0.05) is 6.54 Å². The van der Waals surface area contributed by atoms with E-state index in [1.54, 1.807) is 0 Å². The number of hydrogen-bond acceptors (Lipinski definition) is 5. The first-order chi connectivity index (χ1) is 11.3. The molecule has 1 aromatic heterocycles. The smallest absolute Gasteiger partial charge is 0.324 e. The normalized spacial score (nSPS) is 20.8. The molecule has 1 N–H and O–H groups in total. The van der Waals surface area contributed by atoms with Crippen molar-refractivity contribution in [1.29, 1.82) is 0 Å². The van der Waals surface area contributed by atoms with Crippen molar-refractivity contribution in [2.45, 2.75) is 32.0 Å². The van der Waals surface area contributed by atoms with E-state index in [4.69, 9.17) is 0 Å². The molecule has 0 bridgehead atoms. The highest BCUT2D eigenvalue weighted by molar-refractivity contribution is 7.89. The van der Waals surface area contributed by atoms with Crippen LogP contribution in [0.2, 0.25) is 0 Å². The van der Waals surface area contributed by atoms with Crippen molar-refractivity contribution in [1.82, 2.24) is 14.6 Å². The van der Waals surface area contributed by atoms with E-state index in [9.17, 15) is 31.2 Å². The summed E-state index contributed by atoms with van der Waals surface area (Å²) in [6, 6.07) is 1.69. The van der Waals surface area contributed by atoms with Crippen LogP contribution in [0, 0.1) is 6.92 Å². The summed E-state index contributed by atoms with van der Waals surface area (Å²) in [7, 11) is -3.80. The van der Waals surface area contributed by atoms with Gasteiger partial charge in [0.1, 0.15) is 11.2 Å². The largest absolute Gasteiger partial charge is 0.433 e. The van der Waals surface area contributed by atoms with Gasteiger partial charge in [0.05, 0.1) is 17.5 Å². The van der Waals surface area contributed by atoms with Crippen molar-refractivity contribution < 1.29 is 31.2 Å². The summed E-state index contributed by atoms with van der Waals surface area (Å²) in [6.07, 6.45) is -3.59. The fourth-order valence-corrected chi connectivity index (χ4v) is 3.05. The van der Waals surface area contributed by atoms with Crippen LogP contribution in [0.15, 0.2) is 12.1 Å². The second-order valence-corrected chi connectivity index (χ2v) is 7.76. The lowest BCUT2D eigenvalue weighted by molar-refractivity contribution is -0.141. The van der Waals surface area contributed by atoms with Gasteiger partial charge >= 0.3 is 6.18 Å². The number of hydrogen-bond donors (Lipinski definition) is 1. The molecule has 25 heavy (non-hydrogen) atoms. The summed E-state index contributed by atoms with van der Waals surface area (Å²) in [4.78, 5) is 29.2. The molecule has 0 spiro atoms. The SMILES string of the molecule is Cc1nc(C(F)(F)F)ccc1C(=O)N1CCC1(C)C(=O)NS(C)(=O)=O. The van der Waals surface area contributed by atoms with Crippen molar-refractivity contribution in [3.05, 3.63) is 29.1 Å². The molecule has 1 saturated heterocycles. The topological polar surface area (TPSA) is 96.4 Å². The van der Waals surface area contributed by atoms with Gasteiger partial charge in [-0.3, -0.25) is 14.3 Å². The van der Waals surface area contributed by atoms with Gasteiger partial charge in [-0.15, -0.1) is 0 Å². The maximum atomic E-state index is 12.7. The van der Waals surface area contributed by atoms with E-state index in [1.807, 2.05) is 4.72 Å². The number of nitrogens with one attached hydrogen (secondary N) is 1. The van der Waals surface area contributed by atoms with Crippen LogP contribution in [0.3, 0.4) is 0 Å². The number of halogens is 3. The van der Waals surface area contributed by atoms with Crippen molar-refractivity contribution >= 4 is 21.8 Å². The summed E-state index contributed by atoms with van der Waals surface area (Å²) in [5.74, 6) is -1.55. The molecule has 1 atom stereocenters. The molecule has 2 heterocycles. The highest BCUT2D eigenvalue weighted by atomic mass is 32.2. The Morgan fingerprint density at radius 1 is 1.32 bits per heavy atom. The van der Waals surface area contributed by atoms with Crippen LogP contribution in [0.4, 0.5) is 13.2 Å². The van der Waals surface area contributed by atoms with Crippen LogP contribution >= 0.6 is 0 Å². The summed E-state index contributed by atoms with van der Waals surface area (Å²) in [5, 5.41) is 0. The number of alkyl halides is 3. The van der Waals surface area contributed by atoms with Gasteiger partial charge in [0.2, 0.25) is 10.0 Å². The Labute approximate surface area is 142 Å². The summed E-state index contributed by atoms with van der Waals surface area (Å²) < 4.78 is 62.2. The standard InChI is InChI=1S/C14H16F3N3O4S/c1-8-9(4-5-10(18-8)14(15,16)17)11(21)20-7-6-13(20,2)12(22)19-25(3,23)24/h4-5H,6-7H2,1-3H3,(H,19,22). The zero-order valence-corrected chi connectivity index (χ0v) is 14.5. The number of aryl methyl sites for hydroxylation is 1. The van der Waals surface area contributed by atoms with Crippen molar-refractivity contribution in [2.24, 2.45) is 0 Å². The molecule has 2 rings (SSSR count). The first-order valence-electron chi connectivity index (χ1n) is 7.15. The minimum absolute atomic E-state index is 0.0777. The maximum Gasteiger partial charge on any atom is 0.433 e. The molecule has 0 saturated carbocycles. The predicted octanol–water partition coefficient (Wildman–Crippen LogP) is 1.09. The van der Waals surface area contributed by atoms with Gasteiger partial charge in [0.25, 0.3) is 11.8 Å². The van der Waals surface area contributed by atoms with Crippen molar-refractivity contribution in [3.8, 4) is 0 Å². The van der Waals surface area contributed by atoms with Crippen LogP contribution in [0.1, 0.15) is 35.1 Å². The van der Waals surface area contributed by atoms with Crippen LogP contribution in [-0.2, 0) is 21.0 Å². The number of nitrogens with zero attached hydrogens (tertiary/aromatic N) is 2. The molecule has 11 heteroatoms. The average molecular weight is 379 g/mol. The monoisotopic (exact) mass is 379 g/mol. The van der Waals surface area contributed by atoms with E-state index >= 15 is 0 Å². The Morgan fingerprint density at radius 3 is 2.32 bits per heavy atom. The number of sulfonamides is 1. The third-order valence-electron chi connectivity index (χ3n) is 4.04. The second kappa shape index (κ2) is 5.97. The Balaban J connectivity index is 2.28. The third kappa shape index (κ3) is 3.75. The molecule has 7 nitrogen and oxygen atoms in total. The molecule has 1 aliphatic rings. The lowest BCUT2D eigenvalue weighted by Gasteiger charge is -2.48. The zero-order valence-electron chi connectivity index (χ0n) is 13.6. The zero-order chi connectivity index (χ0) is 19.2. The van der Waals surface area contributed by atoms with Gasteiger partial charge < -0.3 is 4.90 Å². The Kier molecular flexibility index (Phi) is 4.58. The van der Waals surface area contributed by atoms with Crippen molar-refractivity contribution in [3.63, 3.8) is 0 Å². The molecule has 2 amide bonds. The quantitative estimate of drug-likeness (QED) is 0.848. The second-order valence-electron chi connectivity index (χ2n) is 6.01. The number of aromatic nitrogens is 1. The number of carbonyl (C=O) groups excluding carboxylic acids is 2. The molecule has 1 fully saturated rings. The maximum absolute atomic E-state index is 12.7. The summed E-state index contributed by atoms with van der Waals surface area (Å²) >= 11 is 0. The van der Waals surface area contributed by atoms with Crippen LogP contribution in [-0.4, -0.2) is 48.5 Å². The molecule has 1 unspecified atom stereocenters. The van der Waals surface area contributed by atoms with Crippen LogP contribution in [0.25, 0.3) is 0 Å². The van der Waals surface area contributed by atoms with Gasteiger partial charge in [-0.25, -0.2) is 13.4 Å². The van der Waals surface area contributed by atoms with Gasteiger partial charge in [-0.2, -0.15) is 13.2 Å². The van der Waals surface area contributed by atoms with Gasteiger partial charge in [-0.1, -0.05) is 0 Å². The number of amides is 2. The molecular formula is C14H16F3N3O4S. The lowest BCUT2D eigenvalue weighted by Crippen LogP contribution is -2.67. The summed E-state index contributed by atoms with van der Waals surface area (Å²) in [5.41, 5.74) is -2.72. The minimum Gasteiger partial charge on any atom is -0.324 e. The predicted molar refractivity (Wildman–Crippen MR) is 81.0 cm³/mol. The first kappa shape index (κ1) is 19.2. The number of pyridine rings is 1. The van der Waals surface area contributed by atoms with E-state index in [2.05, 4.69) is 4.98 Å². The van der Waals surface area contributed by atoms with Gasteiger partial charge in [0.15, 0.2) is 0 Å². The highest BCUT2D eigenvalue weighted by Gasteiger charge is 2.50. The molecule has 138 valence electrons. The Bertz CT molecular complexity index is 838. The highest BCUT2D eigenvalue weighted by Crippen LogP contribution is 2.34. The minimum atomic E-state index is -4.63. The summed E-state index contributed by atoms with van der Waals surface area (Å²) in [6.45, 7) is 2.82. The van der Waals surface area contributed by atoms with E-state index in [0.717, 1.165) is 17.2 Å². The Hall–Kier alpha value is -2.17. The number of carbonyl (C=O) groups is 2. The molecule has 1 aliphatic heterocycles.